The highest BCUT2D eigenvalue weighted by Crippen LogP contribution is 2.28. The van der Waals surface area contributed by atoms with E-state index in [1.165, 1.54) is 5.56 Å². The van der Waals surface area contributed by atoms with Gasteiger partial charge in [-0.25, -0.2) is 4.79 Å². The third kappa shape index (κ3) is 3.72. The SMILES string of the molecule is CCCCOC(=O)c1ccccc1-c1cc(C)ccc1C. The van der Waals surface area contributed by atoms with E-state index in [1.54, 1.807) is 0 Å². The fourth-order valence-corrected chi connectivity index (χ4v) is 2.31. The molecule has 0 fully saturated rings. The van der Waals surface area contributed by atoms with Gasteiger partial charge in [-0.3, -0.25) is 0 Å². The highest BCUT2D eigenvalue weighted by atomic mass is 16.5. The van der Waals surface area contributed by atoms with Crippen molar-refractivity contribution < 1.29 is 9.53 Å². The summed E-state index contributed by atoms with van der Waals surface area (Å²) in [5.74, 6) is -0.236. The smallest absolute Gasteiger partial charge is 0.338 e. The molecule has 21 heavy (non-hydrogen) atoms. The zero-order valence-electron chi connectivity index (χ0n) is 13.0. The first-order chi connectivity index (χ1) is 10.1. The summed E-state index contributed by atoms with van der Waals surface area (Å²) in [5.41, 5.74) is 5.03. The predicted octanol–water partition coefficient (Wildman–Crippen LogP) is 4.93. The summed E-state index contributed by atoms with van der Waals surface area (Å²) in [6, 6.07) is 14.0. The van der Waals surface area contributed by atoms with E-state index in [4.69, 9.17) is 4.74 Å². The summed E-state index contributed by atoms with van der Waals surface area (Å²) in [7, 11) is 0. The second-order valence-corrected chi connectivity index (χ2v) is 5.35. The highest BCUT2D eigenvalue weighted by Gasteiger charge is 2.14. The Hall–Kier alpha value is -2.09. The van der Waals surface area contributed by atoms with Crippen molar-refractivity contribution in [1.29, 1.82) is 0 Å². The largest absolute Gasteiger partial charge is 0.462 e. The number of carbonyl (C=O) groups excluding carboxylic acids is 1. The van der Waals surface area contributed by atoms with Crippen LogP contribution < -0.4 is 0 Å². The molecule has 0 radical (unpaired) electrons. The molecule has 0 spiro atoms. The van der Waals surface area contributed by atoms with Crippen molar-refractivity contribution in [2.75, 3.05) is 6.61 Å². The lowest BCUT2D eigenvalue weighted by Crippen LogP contribution is -2.08. The average molecular weight is 282 g/mol. The minimum atomic E-state index is -0.236. The van der Waals surface area contributed by atoms with Crippen molar-refractivity contribution >= 4 is 5.97 Å². The maximum atomic E-state index is 12.3. The van der Waals surface area contributed by atoms with Crippen molar-refractivity contribution in [2.45, 2.75) is 33.6 Å². The van der Waals surface area contributed by atoms with E-state index in [0.717, 1.165) is 29.5 Å². The van der Waals surface area contributed by atoms with E-state index in [9.17, 15) is 4.79 Å². The van der Waals surface area contributed by atoms with Gasteiger partial charge in [0, 0.05) is 0 Å². The van der Waals surface area contributed by atoms with Gasteiger partial charge in [-0.15, -0.1) is 0 Å². The molecule has 0 aliphatic carbocycles. The molecule has 0 aliphatic heterocycles. The molecule has 2 aromatic carbocycles. The quantitative estimate of drug-likeness (QED) is 0.574. The second kappa shape index (κ2) is 7.07. The molecule has 0 N–H and O–H groups in total. The average Bonchev–Trinajstić information content (AvgIpc) is 2.50. The number of aryl methyl sites for hydroxylation is 2. The maximum Gasteiger partial charge on any atom is 0.338 e. The maximum absolute atomic E-state index is 12.3. The van der Waals surface area contributed by atoms with Crippen molar-refractivity contribution in [3.63, 3.8) is 0 Å². The minimum Gasteiger partial charge on any atom is -0.462 e. The van der Waals surface area contributed by atoms with Crippen molar-refractivity contribution in [3.8, 4) is 11.1 Å². The zero-order chi connectivity index (χ0) is 15.2. The van der Waals surface area contributed by atoms with Gasteiger partial charge in [0.2, 0.25) is 0 Å². The molecule has 110 valence electrons. The van der Waals surface area contributed by atoms with Crippen LogP contribution in [0.25, 0.3) is 11.1 Å². The van der Waals surface area contributed by atoms with Crippen molar-refractivity contribution in [3.05, 3.63) is 59.2 Å². The lowest BCUT2D eigenvalue weighted by atomic mass is 9.94. The minimum absolute atomic E-state index is 0.236. The molecule has 2 aromatic rings. The summed E-state index contributed by atoms with van der Waals surface area (Å²) < 4.78 is 5.36. The number of carbonyl (C=O) groups is 1. The van der Waals surface area contributed by atoms with Gasteiger partial charge in [0.25, 0.3) is 0 Å². The summed E-state index contributed by atoms with van der Waals surface area (Å²) in [5, 5.41) is 0. The molecule has 0 amide bonds. The van der Waals surface area contributed by atoms with E-state index in [2.05, 4.69) is 39.0 Å². The number of unbranched alkanes of at least 4 members (excludes halogenated alkanes) is 1. The molecule has 2 rings (SSSR count). The molecule has 0 aromatic heterocycles. The summed E-state index contributed by atoms with van der Waals surface area (Å²) in [6.45, 7) is 6.69. The number of ether oxygens (including phenoxy) is 1. The Balaban J connectivity index is 2.37. The number of rotatable bonds is 5. The van der Waals surface area contributed by atoms with Crippen LogP contribution in [-0.2, 0) is 4.74 Å². The Bertz CT molecular complexity index is 629. The molecule has 0 unspecified atom stereocenters. The summed E-state index contributed by atoms with van der Waals surface area (Å²) in [4.78, 5) is 12.3. The Morgan fingerprint density at radius 1 is 1.05 bits per heavy atom. The van der Waals surface area contributed by atoms with Gasteiger partial charge in [-0.05, 0) is 43.0 Å². The molecule has 0 heterocycles. The van der Waals surface area contributed by atoms with Crippen LogP contribution in [0.1, 0.15) is 41.3 Å². The van der Waals surface area contributed by atoms with E-state index in [-0.39, 0.29) is 5.97 Å². The molecular weight excluding hydrogens is 260 g/mol. The van der Waals surface area contributed by atoms with E-state index >= 15 is 0 Å². The van der Waals surface area contributed by atoms with Gasteiger partial charge in [-0.1, -0.05) is 55.3 Å². The van der Waals surface area contributed by atoms with Crippen LogP contribution in [0.5, 0.6) is 0 Å². The van der Waals surface area contributed by atoms with Gasteiger partial charge in [0.15, 0.2) is 0 Å². The van der Waals surface area contributed by atoms with E-state index in [1.807, 2.05) is 24.3 Å². The Labute approximate surface area is 126 Å². The van der Waals surface area contributed by atoms with Gasteiger partial charge < -0.3 is 4.74 Å². The van der Waals surface area contributed by atoms with Crippen LogP contribution in [0.4, 0.5) is 0 Å². The Kier molecular flexibility index (Phi) is 5.15. The summed E-state index contributed by atoms with van der Waals surface area (Å²) in [6.07, 6.45) is 1.92. The molecular formula is C19H22O2. The van der Waals surface area contributed by atoms with Crippen LogP contribution in [0.3, 0.4) is 0 Å². The van der Waals surface area contributed by atoms with Crippen LogP contribution >= 0.6 is 0 Å². The Morgan fingerprint density at radius 3 is 2.57 bits per heavy atom. The van der Waals surface area contributed by atoms with Crippen molar-refractivity contribution in [1.82, 2.24) is 0 Å². The molecule has 0 saturated carbocycles. The number of esters is 1. The Morgan fingerprint density at radius 2 is 1.81 bits per heavy atom. The van der Waals surface area contributed by atoms with E-state index in [0.29, 0.717) is 12.2 Å². The normalized spacial score (nSPS) is 10.4. The van der Waals surface area contributed by atoms with Crippen molar-refractivity contribution in [2.24, 2.45) is 0 Å². The lowest BCUT2D eigenvalue weighted by Gasteiger charge is -2.12. The highest BCUT2D eigenvalue weighted by molar-refractivity contribution is 5.97. The first-order valence-corrected chi connectivity index (χ1v) is 7.47. The molecule has 2 heteroatoms. The number of hydrogen-bond donors (Lipinski definition) is 0. The number of hydrogen-bond acceptors (Lipinski definition) is 2. The first kappa shape index (κ1) is 15.3. The zero-order valence-corrected chi connectivity index (χ0v) is 13.0. The fourth-order valence-electron chi connectivity index (χ4n) is 2.31. The van der Waals surface area contributed by atoms with Gasteiger partial charge in [-0.2, -0.15) is 0 Å². The molecule has 2 nitrogen and oxygen atoms in total. The molecule has 0 atom stereocenters. The number of benzene rings is 2. The van der Waals surface area contributed by atoms with E-state index < -0.39 is 0 Å². The fraction of sp³-hybridized carbons (Fsp3) is 0.316. The standard InChI is InChI=1S/C19H22O2/c1-4-5-12-21-19(20)17-9-7-6-8-16(17)18-13-14(2)10-11-15(18)3/h6-11,13H,4-5,12H2,1-3H3. The molecule has 0 aliphatic rings. The topological polar surface area (TPSA) is 26.3 Å². The molecule has 0 bridgehead atoms. The lowest BCUT2D eigenvalue weighted by molar-refractivity contribution is 0.0500. The third-order valence-corrected chi connectivity index (χ3v) is 3.56. The monoisotopic (exact) mass is 282 g/mol. The molecule has 0 saturated heterocycles. The van der Waals surface area contributed by atoms with Gasteiger partial charge in [0.1, 0.15) is 0 Å². The van der Waals surface area contributed by atoms with Gasteiger partial charge in [0.05, 0.1) is 12.2 Å². The van der Waals surface area contributed by atoms with Gasteiger partial charge >= 0.3 is 5.97 Å². The predicted molar refractivity (Wildman–Crippen MR) is 86.5 cm³/mol. The summed E-state index contributed by atoms with van der Waals surface area (Å²) >= 11 is 0. The van der Waals surface area contributed by atoms with Crippen LogP contribution in [0.15, 0.2) is 42.5 Å². The van der Waals surface area contributed by atoms with Crippen LogP contribution in [0.2, 0.25) is 0 Å². The second-order valence-electron chi connectivity index (χ2n) is 5.35. The van der Waals surface area contributed by atoms with Crippen LogP contribution in [-0.4, -0.2) is 12.6 Å². The first-order valence-electron chi connectivity index (χ1n) is 7.47. The third-order valence-electron chi connectivity index (χ3n) is 3.56. The van der Waals surface area contributed by atoms with Crippen LogP contribution in [0, 0.1) is 13.8 Å².